The van der Waals surface area contributed by atoms with E-state index < -0.39 is 5.97 Å². The van der Waals surface area contributed by atoms with E-state index >= 15 is 0 Å². The van der Waals surface area contributed by atoms with Crippen LogP contribution in [0.5, 0.6) is 0 Å². The van der Waals surface area contributed by atoms with Gasteiger partial charge in [0.2, 0.25) is 5.91 Å². The number of carbonyl (C=O) groups is 2. The monoisotopic (exact) mass is 202 g/mol. The molecule has 1 atom stereocenters. The molecule has 0 aliphatic rings. The van der Waals surface area contributed by atoms with Gasteiger partial charge in [-0.1, -0.05) is 0 Å². The number of nitrogens with zero attached hydrogens (tertiary/aromatic N) is 1. The molecular weight excluding hydrogens is 184 g/mol. The molecule has 0 saturated carbocycles. The molecule has 0 fully saturated rings. The molecular formula is C9H18N2O3. The van der Waals surface area contributed by atoms with Gasteiger partial charge in [-0.25, -0.2) is 0 Å². The second-order valence-corrected chi connectivity index (χ2v) is 3.49. The van der Waals surface area contributed by atoms with E-state index in [9.17, 15) is 9.59 Å². The van der Waals surface area contributed by atoms with Crippen molar-refractivity contribution in [2.24, 2.45) is 0 Å². The van der Waals surface area contributed by atoms with E-state index in [1.807, 2.05) is 0 Å². The molecule has 5 nitrogen and oxygen atoms in total. The lowest BCUT2D eigenvalue weighted by Crippen LogP contribution is -2.32. The maximum absolute atomic E-state index is 11.1. The van der Waals surface area contributed by atoms with Crippen molar-refractivity contribution in [1.82, 2.24) is 10.2 Å². The Hall–Kier alpha value is -1.10. The summed E-state index contributed by atoms with van der Waals surface area (Å²) in [5.41, 5.74) is 0. The Bertz CT molecular complexity index is 204. The molecule has 0 spiro atoms. The van der Waals surface area contributed by atoms with E-state index in [0.717, 1.165) is 0 Å². The first kappa shape index (κ1) is 12.9. The van der Waals surface area contributed by atoms with Crippen LogP contribution in [0.4, 0.5) is 0 Å². The lowest BCUT2D eigenvalue weighted by Gasteiger charge is -2.13. The molecule has 0 aliphatic carbocycles. The Labute approximate surface area is 84.1 Å². The number of hydrogen-bond donors (Lipinski definition) is 2. The molecule has 0 aromatic heterocycles. The zero-order valence-corrected chi connectivity index (χ0v) is 8.91. The van der Waals surface area contributed by atoms with Crippen LogP contribution in [0.25, 0.3) is 0 Å². The first-order valence-electron chi connectivity index (χ1n) is 4.58. The highest BCUT2D eigenvalue weighted by atomic mass is 16.4. The lowest BCUT2D eigenvalue weighted by molar-refractivity contribution is -0.137. The summed E-state index contributed by atoms with van der Waals surface area (Å²) in [6, 6.07) is -0.0949. The summed E-state index contributed by atoms with van der Waals surface area (Å²) in [7, 11) is 3.39. The number of amides is 1. The first-order valence-corrected chi connectivity index (χ1v) is 4.58. The third-order valence-electron chi connectivity index (χ3n) is 1.81. The number of hydrogen-bond acceptors (Lipinski definition) is 3. The molecule has 5 heteroatoms. The number of carboxylic acid groups (broad SMARTS) is 1. The van der Waals surface area contributed by atoms with Crippen LogP contribution >= 0.6 is 0 Å². The Kier molecular flexibility index (Phi) is 5.87. The van der Waals surface area contributed by atoms with Crippen molar-refractivity contribution in [3.8, 4) is 0 Å². The van der Waals surface area contributed by atoms with Crippen LogP contribution in [-0.4, -0.2) is 48.6 Å². The van der Waals surface area contributed by atoms with Gasteiger partial charge in [-0.3, -0.25) is 9.59 Å². The highest BCUT2D eigenvalue weighted by molar-refractivity contribution is 5.75. The minimum atomic E-state index is -0.830. The normalized spacial score (nSPS) is 12.2. The Morgan fingerprint density at radius 1 is 1.43 bits per heavy atom. The number of aliphatic carboxylic acids is 1. The summed E-state index contributed by atoms with van der Waals surface area (Å²) in [5.74, 6) is -0.788. The average Bonchev–Trinajstić information content (AvgIpc) is 2.02. The van der Waals surface area contributed by atoms with Crippen LogP contribution in [-0.2, 0) is 9.59 Å². The smallest absolute Gasteiger partial charge is 0.304 e. The molecule has 0 heterocycles. The number of carboxylic acids is 1. The van der Waals surface area contributed by atoms with Crippen LogP contribution in [0.15, 0.2) is 0 Å². The second kappa shape index (κ2) is 6.37. The second-order valence-electron chi connectivity index (χ2n) is 3.49. The van der Waals surface area contributed by atoms with Crippen molar-refractivity contribution in [3.63, 3.8) is 0 Å². The molecule has 0 rings (SSSR count). The average molecular weight is 202 g/mol. The Morgan fingerprint density at radius 2 is 2.00 bits per heavy atom. The van der Waals surface area contributed by atoms with Crippen molar-refractivity contribution in [2.75, 3.05) is 20.6 Å². The van der Waals surface area contributed by atoms with Gasteiger partial charge in [-0.05, 0) is 6.92 Å². The van der Waals surface area contributed by atoms with Crippen LogP contribution in [0.2, 0.25) is 0 Å². The number of rotatable bonds is 6. The van der Waals surface area contributed by atoms with Crippen molar-refractivity contribution < 1.29 is 14.7 Å². The fourth-order valence-corrected chi connectivity index (χ4v) is 0.983. The summed E-state index contributed by atoms with van der Waals surface area (Å²) < 4.78 is 0. The third-order valence-corrected chi connectivity index (χ3v) is 1.81. The molecule has 14 heavy (non-hydrogen) atoms. The minimum Gasteiger partial charge on any atom is -0.481 e. The zero-order chi connectivity index (χ0) is 11.1. The van der Waals surface area contributed by atoms with Gasteiger partial charge in [-0.2, -0.15) is 0 Å². The van der Waals surface area contributed by atoms with Gasteiger partial charge in [0.15, 0.2) is 0 Å². The molecule has 82 valence electrons. The maximum Gasteiger partial charge on any atom is 0.304 e. The Balaban J connectivity index is 3.54. The third kappa shape index (κ3) is 6.42. The number of carbonyl (C=O) groups excluding carboxylic acids is 1. The van der Waals surface area contributed by atoms with Gasteiger partial charge >= 0.3 is 5.97 Å². The lowest BCUT2D eigenvalue weighted by atomic mass is 10.2. The van der Waals surface area contributed by atoms with E-state index in [2.05, 4.69) is 5.32 Å². The predicted molar refractivity (Wildman–Crippen MR) is 53.0 cm³/mol. The van der Waals surface area contributed by atoms with Gasteiger partial charge in [0, 0.05) is 33.1 Å². The van der Waals surface area contributed by atoms with Gasteiger partial charge in [0.1, 0.15) is 0 Å². The molecule has 1 unspecified atom stereocenters. The molecule has 1 amide bonds. The fourth-order valence-electron chi connectivity index (χ4n) is 0.983. The van der Waals surface area contributed by atoms with Crippen LogP contribution in [0.3, 0.4) is 0 Å². The molecule has 0 saturated heterocycles. The van der Waals surface area contributed by atoms with Crippen molar-refractivity contribution >= 4 is 11.9 Å². The predicted octanol–water partition coefficient (Wildman–Crippen LogP) is -0.0825. The van der Waals surface area contributed by atoms with Gasteiger partial charge in [0.05, 0.1) is 6.42 Å². The summed E-state index contributed by atoms with van der Waals surface area (Å²) in [6.07, 6.45) is 0.479. The van der Waals surface area contributed by atoms with E-state index in [4.69, 9.17) is 5.11 Å². The van der Waals surface area contributed by atoms with E-state index in [1.165, 1.54) is 4.90 Å². The summed E-state index contributed by atoms with van der Waals surface area (Å²) in [4.78, 5) is 22.9. The van der Waals surface area contributed by atoms with E-state index in [1.54, 1.807) is 21.0 Å². The highest BCUT2D eigenvalue weighted by Crippen LogP contribution is 1.91. The summed E-state index contributed by atoms with van der Waals surface area (Å²) in [6.45, 7) is 2.31. The SMILES string of the molecule is CC(CC(=O)O)NCCC(=O)N(C)C. The van der Waals surface area contributed by atoms with Gasteiger partial charge in [0.25, 0.3) is 0 Å². The van der Waals surface area contributed by atoms with Crippen LogP contribution < -0.4 is 5.32 Å². The highest BCUT2D eigenvalue weighted by Gasteiger charge is 2.08. The first-order chi connectivity index (χ1) is 6.43. The fraction of sp³-hybridized carbons (Fsp3) is 0.778. The van der Waals surface area contributed by atoms with Crippen LogP contribution in [0, 0.1) is 0 Å². The standard InChI is InChI=1S/C9H18N2O3/c1-7(6-9(13)14)10-5-4-8(12)11(2)3/h7,10H,4-6H2,1-3H3,(H,13,14). The topological polar surface area (TPSA) is 69.6 Å². The van der Waals surface area contributed by atoms with Crippen molar-refractivity contribution in [1.29, 1.82) is 0 Å². The van der Waals surface area contributed by atoms with Crippen molar-refractivity contribution in [2.45, 2.75) is 25.8 Å². The molecule has 0 radical (unpaired) electrons. The minimum absolute atomic E-state index is 0.0417. The van der Waals surface area contributed by atoms with Gasteiger partial charge < -0.3 is 15.3 Å². The van der Waals surface area contributed by atoms with E-state index in [0.29, 0.717) is 13.0 Å². The molecule has 0 aromatic carbocycles. The quantitative estimate of drug-likeness (QED) is 0.632. The van der Waals surface area contributed by atoms with Crippen LogP contribution in [0.1, 0.15) is 19.8 Å². The molecule has 0 bridgehead atoms. The summed E-state index contributed by atoms with van der Waals surface area (Å²) in [5, 5.41) is 11.4. The van der Waals surface area contributed by atoms with E-state index in [-0.39, 0.29) is 18.4 Å². The zero-order valence-electron chi connectivity index (χ0n) is 8.91. The Morgan fingerprint density at radius 3 is 2.43 bits per heavy atom. The molecule has 0 aliphatic heterocycles. The largest absolute Gasteiger partial charge is 0.481 e. The summed E-state index contributed by atoms with van der Waals surface area (Å²) >= 11 is 0. The number of nitrogens with one attached hydrogen (secondary N) is 1. The maximum atomic E-state index is 11.1. The van der Waals surface area contributed by atoms with Gasteiger partial charge in [-0.15, -0.1) is 0 Å². The molecule has 2 N–H and O–H groups in total. The molecule has 0 aromatic rings. The van der Waals surface area contributed by atoms with Crippen molar-refractivity contribution in [3.05, 3.63) is 0 Å².